The molecule has 0 N–H and O–H groups in total. The van der Waals surface area contributed by atoms with Gasteiger partial charge in [-0.2, -0.15) is 0 Å². The first-order valence-corrected chi connectivity index (χ1v) is 10.00. The maximum Gasteiger partial charge on any atom is 0.133 e. The molecular formula is C19H19Br3O2. The van der Waals surface area contributed by atoms with Crippen LogP contribution in [0.4, 0.5) is 0 Å². The molecular weight excluding hydrogens is 500 g/mol. The van der Waals surface area contributed by atoms with Gasteiger partial charge in [-0.05, 0) is 110 Å². The Bertz CT molecular complexity index is 690. The van der Waals surface area contributed by atoms with E-state index in [1.807, 2.05) is 38.1 Å². The Hall–Kier alpha value is -0.780. The molecule has 0 amide bonds. The highest BCUT2D eigenvalue weighted by atomic mass is 79.9. The van der Waals surface area contributed by atoms with Crippen molar-refractivity contribution in [2.75, 3.05) is 6.61 Å². The maximum atomic E-state index is 5.71. The largest absolute Gasteiger partial charge is 0.491 e. The molecule has 0 aromatic heterocycles. The predicted molar refractivity (Wildman–Crippen MR) is 111 cm³/mol. The molecule has 0 saturated carbocycles. The molecule has 0 bridgehead atoms. The Labute approximate surface area is 168 Å². The molecule has 0 aliphatic carbocycles. The van der Waals surface area contributed by atoms with Crippen LogP contribution in [-0.2, 0) is 6.42 Å². The van der Waals surface area contributed by atoms with Gasteiger partial charge in [0, 0.05) is 0 Å². The second-order valence-electron chi connectivity index (χ2n) is 5.56. The molecule has 0 heterocycles. The summed E-state index contributed by atoms with van der Waals surface area (Å²) in [6, 6.07) is 14.4. The van der Waals surface area contributed by atoms with Crippen LogP contribution in [0, 0.1) is 0 Å². The van der Waals surface area contributed by atoms with E-state index in [4.69, 9.17) is 9.47 Å². The monoisotopic (exact) mass is 516 g/mol. The molecule has 128 valence electrons. The molecule has 2 aromatic rings. The van der Waals surface area contributed by atoms with Crippen molar-refractivity contribution in [2.45, 2.75) is 26.4 Å². The van der Waals surface area contributed by atoms with Gasteiger partial charge in [0.15, 0.2) is 0 Å². The Morgan fingerprint density at radius 2 is 1.71 bits per heavy atom. The summed E-state index contributed by atoms with van der Waals surface area (Å²) < 4.78 is 13.2. The quantitative estimate of drug-likeness (QED) is 0.399. The fraction of sp³-hybridized carbons (Fsp3) is 0.263. The van der Waals surface area contributed by atoms with E-state index in [0.29, 0.717) is 6.61 Å². The number of halogens is 3. The highest BCUT2D eigenvalue weighted by Crippen LogP contribution is 2.27. The zero-order chi connectivity index (χ0) is 17.5. The van der Waals surface area contributed by atoms with Crippen LogP contribution in [0.2, 0.25) is 0 Å². The van der Waals surface area contributed by atoms with Crippen molar-refractivity contribution in [3.05, 3.63) is 67.5 Å². The van der Waals surface area contributed by atoms with Gasteiger partial charge in [0.05, 0.1) is 14.0 Å². The van der Waals surface area contributed by atoms with Gasteiger partial charge < -0.3 is 9.47 Å². The summed E-state index contributed by atoms with van der Waals surface area (Å²) in [5, 5.41) is 0. The highest BCUT2D eigenvalue weighted by Gasteiger charge is 2.04. The van der Waals surface area contributed by atoms with Gasteiger partial charge >= 0.3 is 0 Å². The Morgan fingerprint density at radius 3 is 2.29 bits per heavy atom. The van der Waals surface area contributed by atoms with Gasteiger partial charge in [-0.1, -0.05) is 18.2 Å². The van der Waals surface area contributed by atoms with E-state index >= 15 is 0 Å². The lowest BCUT2D eigenvalue weighted by molar-refractivity contribution is 0.242. The zero-order valence-electron chi connectivity index (χ0n) is 13.6. The van der Waals surface area contributed by atoms with E-state index in [2.05, 4.69) is 72.1 Å². The average Bonchev–Trinajstić information content (AvgIpc) is 2.50. The standard InChI is InChI=1S/C19H19Br3O2/c1-13(2)24-16-6-3-14(4-7-16)11-15-5-8-18(17(20)12-15)23-10-9-19(21)22/h3-9,12-13H,10-11H2,1-2H3. The van der Waals surface area contributed by atoms with Crippen molar-refractivity contribution in [1.29, 1.82) is 0 Å². The van der Waals surface area contributed by atoms with Crippen LogP contribution in [0.25, 0.3) is 0 Å². The minimum Gasteiger partial charge on any atom is -0.491 e. The zero-order valence-corrected chi connectivity index (χ0v) is 18.3. The van der Waals surface area contributed by atoms with Crippen LogP contribution < -0.4 is 9.47 Å². The maximum absolute atomic E-state index is 5.71. The van der Waals surface area contributed by atoms with Crippen molar-refractivity contribution in [2.24, 2.45) is 0 Å². The Kier molecular flexibility index (Phi) is 7.85. The van der Waals surface area contributed by atoms with Crippen LogP contribution in [0.15, 0.2) is 56.4 Å². The third kappa shape index (κ3) is 6.61. The van der Waals surface area contributed by atoms with Crippen molar-refractivity contribution < 1.29 is 9.47 Å². The van der Waals surface area contributed by atoms with Gasteiger partial charge in [-0.25, -0.2) is 0 Å². The summed E-state index contributed by atoms with van der Waals surface area (Å²) >= 11 is 10.2. The lowest BCUT2D eigenvalue weighted by Gasteiger charge is -2.11. The summed E-state index contributed by atoms with van der Waals surface area (Å²) in [6.45, 7) is 4.56. The molecule has 24 heavy (non-hydrogen) atoms. The van der Waals surface area contributed by atoms with Crippen molar-refractivity contribution in [3.8, 4) is 11.5 Å². The molecule has 0 aliphatic rings. The average molecular weight is 519 g/mol. The third-order valence-corrected chi connectivity index (χ3v) is 4.44. The molecule has 2 nitrogen and oxygen atoms in total. The number of benzene rings is 2. The molecule has 2 aromatic carbocycles. The van der Waals surface area contributed by atoms with Crippen molar-refractivity contribution in [3.63, 3.8) is 0 Å². The molecule has 0 unspecified atom stereocenters. The first-order valence-electron chi connectivity index (χ1n) is 7.62. The van der Waals surface area contributed by atoms with Gasteiger partial charge in [0.1, 0.15) is 18.1 Å². The molecule has 0 saturated heterocycles. The Morgan fingerprint density at radius 1 is 1.04 bits per heavy atom. The lowest BCUT2D eigenvalue weighted by Crippen LogP contribution is -2.05. The highest BCUT2D eigenvalue weighted by molar-refractivity contribution is 9.28. The topological polar surface area (TPSA) is 18.5 Å². The fourth-order valence-corrected chi connectivity index (χ4v) is 2.96. The smallest absolute Gasteiger partial charge is 0.133 e. The summed E-state index contributed by atoms with van der Waals surface area (Å²) in [5.74, 6) is 1.74. The van der Waals surface area contributed by atoms with E-state index in [9.17, 15) is 0 Å². The normalized spacial score (nSPS) is 10.6. The first kappa shape index (κ1) is 19.5. The molecule has 0 atom stereocenters. The molecule has 2 rings (SSSR count). The van der Waals surface area contributed by atoms with E-state index in [0.717, 1.165) is 25.8 Å². The van der Waals surface area contributed by atoms with Crippen LogP contribution >= 0.6 is 47.8 Å². The van der Waals surface area contributed by atoms with Gasteiger partial charge in [-0.3, -0.25) is 0 Å². The fourth-order valence-electron chi connectivity index (χ4n) is 2.16. The van der Waals surface area contributed by atoms with E-state index in [1.165, 1.54) is 11.1 Å². The minimum atomic E-state index is 0.194. The van der Waals surface area contributed by atoms with E-state index < -0.39 is 0 Å². The molecule has 0 aliphatic heterocycles. The van der Waals surface area contributed by atoms with Gasteiger partial charge in [0.25, 0.3) is 0 Å². The van der Waals surface area contributed by atoms with Crippen LogP contribution in [0.3, 0.4) is 0 Å². The molecule has 0 fully saturated rings. The summed E-state index contributed by atoms with van der Waals surface area (Å²) in [6.07, 6.45) is 2.97. The summed E-state index contributed by atoms with van der Waals surface area (Å²) in [5.41, 5.74) is 2.47. The van der Waals surface area contributed by atoms with Crippen LogP contribution in [0.5, 0.6) is 11.5 Å². The second-order valence-corrected chi connectivity index (χ2v) is 9.18. The summed E-state index contributed by atoms with van der Waals surface area (Å²) in [7, 11) is 0. The summed E-state index contributed by atoms with van der Waals surface area (Å²) in [4.78, 5) is 0. The number of hydrogen-bond acceptors (Lipinski definition) is 2. The third-order valence-electron chi connectivity index (χ3n) is 3.18. The first-order chi connectivity index (χ1) is 11.4. The minimum absolute atomic E-state index is 0.194. The molecule has 0 spiro atoms. The number of rotatable bonds is 7. The second kappa shape index (κ2) is 9.64. The van der Waals surface area contributed by atoms with E-state index in [-0.39, 0.29) is 6.10 Å². The van der Waals surface area contributed by atoms with Gasteiger partial charge in [0.2, 0.25) is 0 Å². The van der Waals surface area contributed by atoms with Gasteiger partial charge in [-0.15, -0.1) is 0 Å². The molecule has 5 heteroatoms. The predicted octanol–water partition coefficient (Wildman–Crippen LogP) is 6.84. The van der Waals surface area contributed by atoms with Crippen molar-refractivity contribution in [1.82, 2.24) is 0 Å². The number of ether oxygens (including phenoxy) is 2. The number of hydrogen-bond donors (Lipinski definition) is 0. The van der Waals surface area contributed by atoms with E-state index in [1.54, 1.807) is 0 Å². The lowest BCUT2D eigenvalue weighted by atomic mass is 10.0. The Balaban J connectivity index is 2.00. The van der Waals surface area contributed by atoms with Crippen LogP contribution in [-0.4, -0.2) is 12.7 Å². The van der Waals surface area contributed by atoms with Crippen molar-refractivity contribution >= 4 is 47.8 Å². The molecule has 0 radical (unpaired) electrons. The van der Waals surface area contributed by atoms with Crippen LogP contribution in [0.1, 0.15) is 25.0 Å². The SMILES string of the molecule is CC(C)Oc1ccc(Cc2ccc(OCC=C(Br)Br)c(Br)c2)cc1.